The zero-order valence-electron chi connectivity index (χ0n) is 7.35. The lowest BCUT2D eigenvalue weighted by atomic mass is 10.2. The Hall–Kier alpha value is -1.82. The topological polar surface area (TPSA) is 63.1 Å². The normalized spacial score (nSPS) is 10.2. The molecule has 0 radical (unpaired) electrons. The molecule has 2 aromatic rings. The van der Waals surface area contributed by atoms with Crippen LogP contribution in [-0.4, -0.2) is 20.4 Å². The first-order valence-electron chi connectivity index (χ1n) is 4.00. The molecule has 0 saturated carbocycles. The minimum Gasteiger partial charge on any atom is -0.476 e. The lowest BCUT2D eigenvalue weighted by molar-refractivity contribution is 0.0696. The van der Waals surface area contributed by atoms with E-state index >= 15 is 0 Å². The van der Waals surface area contributed by atoms with Crippen molar-refractivity contribution in [1.82, 2.24) is 9.36 Å². The van der Waals surface area contributed by atoms with Gasteiger partial charge < -0.3 is 5.11 Å². The van der Waals surface area contributed by atoms with Crippen LogP contribution < -0.4 is 0 Å². The van der Waals surface area contributed by atoms with Gasteiger partial charge in [0.15, 0.2) is 5.82 Å². The van der Waals surface area contributed by atoms with Gasteiger partial charge in [0.25, 0.3) is 0 Å². The van der Waals surface area contributed by atoms with Crippen LogP contribution in [0.3, 0.4) is 0 Å². The molecule has 0 spiro atoms. The van der Waals surface area contributed by atoms with E-state index in [4.69, 9.17) is 5.11 Å². The number of benzene rings is 1. The molecule has 0 aliphatic carbocycles. The molecule has 1 heterocycles. The summed E-state index contributed by atoms with van der Waals surface area (Å²) in [6.45, 7) is 0. The van der Waals surface area contributed by atoms with E-state index in [-0.39, 0.29) is 10.8 Å². The fourth-order valence-electron chi connectivity index (χ4n) is 1.03. The van der Waals surface area contributed by atoms with Gasteiger partial charge in [-0.05, 0) is 35.8 Å². The van der Waals surface area contributed by atoms with Gasteiger partial charge in [0.05, 0.1) is 0 Å². The van der Waals surface area contributed by atoms with E-state index < -0.39 is 5.97 Å². The van der Waals surface area contributed by atoms with E-state index in [1.165, 1.54) is 24.3 Å². The first kappa shape index (κ1) is 9.72. The molecular formula is C9H5FN2O2S. The number of carbonyl (C=O) groups is 1. The lowest BCUT2D eigenvalue weighted by Gasteiger charge is -1.93. The third-order valence-electron chi connectivity index (χ3n) is 1.71. The number of aromatic nitrogens is 2. The number of halogens is 1. The van der Waals surface area contributed by atoms with Crippen molar-refractivity contribution in [2.45, 2.75) is 0 Å². The van der Waals surface area contributed by atoms with Crippen LogP contribution in [0.1, 0.15) is 9.80 Å². The molecule has 4 nitrogen and oxygen atoms in total. The summed E-state index contributed by atoms with van der Waals surface area (Å²) in [6.07, 6.45) is 0. The third-order valence-corrected chi connectivity index (χ3v) is 2.41. The molecule has 0 bridgehead atoms. The molecule has 2 rings (SSSR count). The zero-order chi connectivity index (χ0) is 10.8. The third kappa shape index (κ3) is 1.99. The average Bonchev–Trinajstić information content (AvgIpc) is 2.68. The van der Waals surface area contributed by atoms with Crippen LogP contribution in [0, 0.1) is 5.82 Å². The predicted octanol–water partition coefficient (Wildman–Crippen LogP) is 2.04. The Morgan fingerprint density at radius 3 is 2.53 bits per heavy atom. The number of nitrogens with zero attached hydrogens (tertiary/aromatic N) is 2. The van der Waals surface area contributed by atoms with E-state index in [0.717, 1.165) is 11.5 Å². The van der Waals surface area contributed by atoms with E-state index in [1.54, 1.807) is 0 Å². The van der Waals surface area contributed by atoms with Crippen molar-refractivity contribution in [1.29, 1.82) is 0 Å². The van der Waals surface area contributed by atoms with Gasteiger partial charge in [-0.1, -0.05) is 0 Å². The average molecular weight is 224 g/mol. The van der Waals surface area contributed by atoms with Crippen LogP contribution in [0.2, 0.25) is 0 Å². The fraction of sp³-hybridized carbons (Fsp3) is 0. The van der Waals surface area contributed by atoms with E-state index in [0.29, 0.717) is 11.4 Å². The molecule has 76 valence electrons. The maximum Gasteiger partial charge on any atom is 0.366 e. The SMILES string of the molecule is O=C(O)c1nc(-c2ccc(F)cc2)ns1. The molecule has 0 aliphatic heterocycles. The van der Waals surface area contributed by atoms with Crippen molar-refractivity contribution < 1.29 is 14.3 Å². The van der Waals surface area contributed by atoms with Crippen LogP contribution in [0.5, 0.6) is 0 Å². The summed E-state index contributed by atoms with van der Waals surface area (Å²) < 4.78 is 16.5. The Labute approximate surface area is 88.2 Å². The molecule has 1 aromatic heterocycles. The Morgan fingerprint density at radius 1 is 1.33 bits per heavy atom. The monoisotopic (exact) mass is 224 g/mol. The van der Waals surface area contributed by atoms with Gasteiger partial charge >= 0.3 is 5.97 Å². The highest BCUT2D eigenvalue weighted by Gasteiger charge is 2.11. The molecular weight excluding hydrogens is 219 g/mol. The smallest absolute Gasteiger partial charge is 0.366 e. The van der Waals surface area contributed by atoms with Crippen molar-refractivity contribution in [3.05, 3.63) is 35.1 Å². The molecule has 1 N–H and O–H groups in total. The van der Waals surface area contributed by atoms with Gasteiger partial charge in [-0.3, -0.25) is 0 Å². The van der Waals surface area contributed by atoms with E-state index in [2.05, 4.69) is 9.36 Å². The number of rotatable bonds is 2. The highest BCUT2D eigenvalue weighted by atomic mass is 32.1. The second-order valence-corrected chi connectivity index (χ2v) is 3.49. The Bertz CT molecular complexity index is 495. The van der Waals surface area contributed by atoms with Gasteiger partial charge in [-0.2, -0.15) is 4.37 Å². The Balaban J connectivity index is 2.37. The van der Waals surface area contributed by atoms with Crippen LogP contribution in [0.25, 0.3) is 11.4 Å². The second kappa shape index (κ2) is 3.74. The molecule has 0 unspecified atom stereocenters. The molecule has 0 saturated heterocycles. The van der Waals surface area contributed by atoms with Gasteiger partial charge in [-0.25, -0.2) is 14.2 Å². The number of hydrogen-bond donors (Lipinski definition) is 1. The number of carboxylic acids is 1. The van der Waals surface area contributed by atoms with Crippen molar-refractivity contribution in [3.63, 3.8) is 0 Å². The molecule has 0 fully saturated rings. The maximum atomic E-state index is 12.6. The molecule has 6 heteroatoms. The predicted molar refractivity (Wildman–Crippen MR) is 52.3 cm³/mol. The van der Waals surface area contributed by atoms with Crippen LogP contribution >= 0.6 is 11.5 Å². The van der Waals surface area contributed by atoms with Crippen LogP contribution in [0.4, 0.5) is 4.39 Å². The van der Waals surface area contributed by atoms with Crippen LogP contribution in [-0.2, 0) is 0 Å². The minimum atomic E-state index is -1.11. The summed E-state index contributed by atoms with van der Waals surface area (Å²) in [5, 5.41) is 8.56. The summed E-state index contributed by atoms with van der Waals surface area (Å²) in [6, 6.07) is 5.56. The molecule has 1 aromatic carbocycles. The maximum absolute atomic E-state index is 12.6. The van der Waals surface area contributed by atoms with Gasteiger partial charge in [-0.15, -0.1) is 0 Å². The highest BCUT2D eigenvalue weighted by Crippen LogP contribution is 2.18. The van der Waals surface area contributed by atoms with E-state index in [1.807, 2.05) is 0 Å². The van der Waals surface area contributed by atoms with Gasteiger partial charge in [0, 0.05) is 5.56 Å². The fourth-order valence-corrected chi connectivity index (χ4v) is 1.55. The minimum absolute atomic E-state index is 0.0747. The number of aromatic carboxylic acids is 1. The van der Waals surface area contributed by atoms with Crippen LogP contribution in [0.15, 0.2) is 24.3 Å². The first-order chi connectivity index (χ1) is 7.16. The van der Waals surface area contributed by atoms with Crippen molar-refractivity contribution in [3.8, 4) is 11.4 Å². The van der Waals surface area contributed by atoms with Gasteiger partial charge in [0.1, 0.15) is 5.82 Å². The summed E-state index contributed by atoms with van der Waals surface area (Å²) >= 11 is 0.802. The number of hydrogen-bond acceptors (Lipinski definition) is 4. The summed E-state index contributed by atoms with van der Waals surface area (Å²) in [5.41, 5.74) is 0.597. The molecule has 0 amide bonds. The van der Waals surface area contributed by atoms with Crippen molar-refractivity contribution in [2.75, 3.05) is 0 Å². The van der Waals surface area contributed by atoms with Crippen molar-refractivity contribution >= 4 is 17.5 Å². The Morgan fingerprint density at radius 2 is 2.00 bits per heavy atom. The molecule has 15 heavy (non-hydrogen) atoms. The standard InChI is InChI=1S/C9H5FN2O2S/c10-6-3-1-5(2-4-6)7-11-8(9(13)14)15-12-7/h1-4H,(H,13,14). The summed E-state index contributed by atoms with van der Waals surface area (Å²) in [7, 11) is 0. The molecule has 0 atom stereocenters. The summed E-state index contributed by atoms with van der Waals surface area (Å²) in [5.74, 6) is -1.16. The first-order valence-corrected chi connectivity index (χ1v) is 4.77. The van der Waals surface area contributed by atoms with Crippen molar-refractivity contribution in [2.24, 2.45) is 0 Å². The summed E-state index contributed by atoms with van der Waals surface area (Å²) in [4.78, 5) is 14.3. The molecule has 0 aliphatic rings. The second-order valence-electron chi connectivity index (χ2n) is 2.74. The zero-order valence-corrected chi connectivity index (χ0v) is 8.16. The van der Waals surface area contributed by atoms with Gasteiger partial charge in [0.2, 0.25) is 5.01 Å². The largest absolute Gasteiger partial charge is 0.476 e. The number of carboxylic acid groups (broad SMARTS) is 1. The quantitative estimate of drug-likeness (QED) is 0.847. The Kier molecular flexibility index (Phi) is 2.42. The highest BCUT2D eigenvalue weighted by molar-refractivity contribution is 7.07. The lowest BCUT2D eigenvalue weighted by Crippen LogP contribution is -1.94. The van der Waals surface area contributed by atoms with E-state index in [9.17, 15) is 9.18 Å².